The SMILES string of the molecule is C[C@@]1(Oc2cc(NS(=O)(=O)c3sc(Cl)cc3-c3ccc(F)cc3F)ccc2C(F)(F)F)CCNC1. The Balaban J connectivity index is 1.72. The Bertz CT molecular complexity index is 1370. The molecular weight excluding hydrogens is 535 g/mol. The Kier molecular flexibility index (Phi) is 6.77. The van der Waals surface area contributed by atoms with Gasteiger partial charge in [-0.1, -0.05) is 11.6 Å². The molecule has 2 N–H and O–H groups in total. The third-order valence-corrected chi connectivity index (χ3v) is 8.54. The van der Waals surface area contributed by atoms with Crippen molar-refractivity contribution in [3.8, 4) is 16.9 Å². The molecule has 0 bridgehead atoms. The molecule has 1 aliphatic rings. The van der Waals surface area contributed by atoms with Crippen molar-refractivity contribution < 1.29 is 35.1 Å². The summed E-state index contributed by atoms with van der Waals surface area (Å²) in [7, 11) is -4.43. The van der Waals surface area contributed by atoms with Gasteiger partial charge in [0.15, 0.2) is 0 Å². The van der Waals surface area contributed by atoms with Gasteiger partial charge in [-0.25, -0.2) is 17.2 Å². The van der Waals surface area contributed by atoms with Crippen LogP contribution in [0.15, 0.2) is 46.7 Å². The number of nitrogens with one attached hydrogen (secondary N) is 2. The van der Waals surface area contributed by atoms with E-state index in [4.69, 9.17) is 16.3 Å². The van der Waals surface area contributed by atoms with Crippen molar-refractivity contribution in [2.24, 2.45) is 0 Å². The molecule has 3 aromatic rings. The summed E-state index contributed by atoms with van der Waals surface area (Å²) in [5, 5.41) is 3.01. The molecule has 2 heterocycles. The smallest absolute Gasteiger partial charge is 0.419 e. The summed E-state index contributed by atoms with van der Waals surface area (Å²) < 4.78 is 102. The molecule has 13 heteroatoms. The first-order valence-electron chi connectivity index (χ1n) is 10.2. The quantitative estimate of drug-likeness (QED) is 0.352. The average molecular weight is 553 g/mol. The second-order valence-electron chi connectivity index (χ2n) is 8.17. The first-order chi connectivity index (χ1) is 16.3. The van der Waals surface area contributed by atoms with Gasteiger partial charge in [-0.15, -0.1) is 11.3 Å². The lowest BCUT2D eigenvalue weighted by Crippen LogP contribution is -2.35. The minimum Gasteiger partial charge on any atom is -0.485 e. The van der Waals surface area contributed by atoms with Crippen molar-refractivity contribution in [1.29, 1.82) is 0 Å². The van der Waals surface area contributed by atoms with Crippen LogP contribution < -0.4 is 14.8 Å². The topological polar surface area (TPSA) is 67.4 Å². The van der Waals surface area contributed by atoms with Crippen LogP contribution >= 0.6 is 22.9 Å². The second-order valence-corrected chi connectivity index (χ2v) is 11.7. The fraction of sp³-hybridized carbons (Fsp3) is 0.273. The number of halogens is 6. The molecule has 0 saturated carbocycles. The maximum Gasteiger partial charge on any atom is 0.419 e. The van der Waals surface area contributed by atoms with Gasteiger partial charge >= 0.3 is 6.18 Å². The lowest BCUT2D eigenvalue weighted by molar-refractivity contribution is -0.139. The van der Waals surface area contributed by atoms with Crippen LogP contribution in [0.1, 0.15) is 18.9 Å². The van der Waals surface area contributed by atoms with E-state index in [9.17, 15) is 30.4 Å². The normalized spacial score (nSPS) is 18.6. The van der Waals surface area contributed by atoms with Crippen LogP contribution in [0, 0.1) is 11.6 Å². The molecule has 0 aliphatic carbocycles. The molecule has 0 spiro atoms. The van der Waals surface area contributed by atoms with Gasteiger partial charge in [0.2, 0.25) is 0 Å². The lowest BCUT2D eigenvalue weighted by atomic mass is 10.1. The van der Waals surface area contributed by atoms with E-state index in [0.717, 1.165) is 30.3 Å². The van der Waals surface area contributed by atoms with Gasteiger partial charge in [0, 0.05) is 36.2 Å². The third-order valence-electron chi connectivity index (χ3n) is 5.36. The summed E-state index contributed by atoms with van der Waals surface area (Å²) >= 11 is 6.61. The highest BCUT2D eigenvalue weighted by atomic mass is 35.5. The highest BCUT2D eigenvalue weighted by molar-refractivity contribution is 7.94. The van der Waals surface area contributed by atoms with Crippen LogP contribution in [0.5, 0.6) is 5.75 Å². The van der Waals surface area contributed by atoms with E-state index in [0.29, 0.717) is 36.9 Å². The van der Waals surface area contributed by atoms with Crippen LogP contribution in [0.4, 0.5) is 27.6 Å². The molecule has 1 saturated heterocycles. The number of anilines is 1. The molecule has 4 rings (SSSR count). The minimum absolute atomic E-state index is 0.0159. The highest BCUT2D eigenvalue weighted by Gasteiger charge is 2.38. The molecule has 0 unspecified atom stereocenters. The molecule has 188 valence electrons. The van der Waals surface area contributed by atoms with E-state index < -0.39 is 44.7 Å². The van der Waals surface area contributed by atoms with Crippen LogP contribution in [0.3, 0.4) is 0 Å². The van der Waals surface area contributed by atoms with Crippen molar-refractivity contribution in [1.82, 2.24) is 5.32 Å². The van der Waals surface area contributed by atoms with Crippen molar-refractivity contribution >= 4 is 38.6 Å². The molecule has 1 fully saturated rings. The highest BCUT2D eigenvalue weighted by Crippen LogP contribution is 2.42. The fourth-order valence-electron chi connectivity index (χ4n) is 3.69. The Labute approximate surface area is 206 Å². The zero-order valence-corrected chi connectivity index (χ0v) is 20.4. The number of sulfonamides is 1. The number of hydrogen-bond acceptors (Lipinski definition) is 5. The van der Waals surface area contributed by atoms with E-state index in [2.05, 4.69) is 10.0 Å². The largest absolute Gasteiger partial charge is 0.485 e. The third kappa shape index (κ3) is 5.55. The molecule has 2 aromatic carbocycles. The summed E-state index contributed by atoms with van der Waals surface area (Å²) in [5.41, 5.74) is -2.48. The Hall–Kier alpha value is -2.41. The van der Waals surface area contributed by atoms with Crippen molar-refractivity contribution in [3.05, 3.63) is 64.0 Å². The van der Waals surface area contributed by atoms with Gasteiger partial charge in [-0.3, -0.25) is 4.72 Å². The zero-order chi connectivity index (χ0) is 25.6. The van der Waals surface area contributed by atoms with Crippen molar-refractivity contribution in [2.75, 3.05) is 17.8 Å². The first kappa shape index (κ1) is 25.7. The molecule has 0 radical (unpaired) electrons. The summed E-state index contributed by atoms with van der Waals surface area (Å²) in [6.07, 6.45) is -4.27. The van der Waals surface area contributed by atoms with Gasteiger partial charge in [0.1, 0.15) is 27.2 Å². The predicted molar refractivity (Wildman–Crippen MR) is 123 cm³/mol. The number of alkyl halides is 3. The van der Waals surface area contributed by atoms with Crippen molar-refractivity contribution in [2.45, 2.75) is 29.3 Å². The van der Waals surface area contributed by atoms with E-state index in [-0.39, 0.29) is 25.4 Å². The molecule has 0 amide bonds. The maximum atomic E-state index is 14.4. The number of hydrogen-bond donors (Lipinski definition) is 2. The minimum atomic E-state index is -4.73. The molecule has 1 aromatic heterocycles. The molecule has 5 nitrogen and oxygen atoms in total. The van der Waals surface area contributed by atoms with Gasteiger partial charge in [-0.2, -0.15) is 13.2 Å². The van der Waals surface area contributed by atoms with Gasteiger partial charge in [0.25, 0.3) is 10.0 Å². The van der Waals surface area contributed by atoms with Crippen LogP contribution in [0.25, 0.3) is 11.1 Å². The molecule has 1 aliphatic heterocycles. The number of rotatable bonds is 6. The fourth-order valence-corrected chi connectivity index (χ4v) is 6.63. The maximum absolute atomic E-state index is 14.4. The zero-order valence-electron chi connectivity index (χ0n) is 18.0. The van der Waals surface area contributed by atoms with E-state index in [1.165, 1.54) is 6.07 Å². The number of thiophene rings is 1. The Morgan fingerprint density at radius 3 is 2.49 bits per heavy atom. The molecular formula is C22H18ClF5N2O3S2. The van der Waals surface area contributed by atoms with Crippen LogP contribution in [-0.2, 0) is 16.2 Å². The van der Waals surface area contributed by atoms with Gasteiger partial charge in [0.05, 0.1) is 15.6 Å². The van der Waals surface area contributed by atoms with Crippen molar-refractivity contribution in [3.63, 3.8) is 0 Å². The summed E-state index contributed by atoms with van der Waals surface area (Å²) in [5.74, 6) is -2.38. The number of ether oxygens (including phenoxy) is 1. The predicted octanol–water partition coefficient (Wildman–Crippen LogP) is 6.30. The average Bonchev–Trinajstić information content (AvgIpc) is 3.33. The first-order valence-corrected chi connectivity index (χ1v) is 12.8. The van der Waals surface area contributed by atoms with E-state index in [1.54, 1.807) is 6.92 Å². The van der Waals surface area contributed by atoms with Gasteiger partial charge < -0.3 is 10.1 Å². The molecule has 35 heavy (non-hydrogen) atoms. The summed E-state index contributed by atoms with van der Waals surface area (Å²) in [4.78, 5) is 0. The Morgan fingerprint density at radius 2 is 1.86 bits per heavy atom. The molecule has 1 atom stereocenters. The number of benzene rings is 2. The standard InChI is InChI=1S/C22H18ClF5N2O3S2/c1-21(6-7-29-11-21)33-18-9-13(3-5-16(18)22(26,27)28)30-35(31,32)20-15(10-19(23)34-20)14-4-2-12(24)8-17(14)25/h2-5,8-10,29-30H,6-7,11H2,1H3/t21-/m1/s1. The van der Waals surface area contributed by atoms with Crippen LogP contribution in [0.2, 0.25) is 4.34 Å². The second kappa shape index (κ2) is 9.23. The summed E-state index contributed by atoms with van der Waals surface area (Å²) in [6, 6.07) is 6.48. The van der Waals surface area contributed by atoms with E-state index >= 15 is 0 Å². The van der Waals surface area contributed by atoms with E-state index in [1.807, 2.05) is 0 Å². The van der Waals surface area contributed by atoms with Gasteiger partial charge in [-0.05, 0) is 43.8 Å². The summed E-state index contributed by atoms with van der Waals surface area (Å²) in [6.45, 7) is 2.54. The lowest BCUT2D eigenvalue weighted by Gasteiger charge is -2.27. The van der Waals surface area contributed by atoms with Crippen LogP contribution in [-0.4, -0.2) is 27.1 Å². The Morgan fingerprint density at radius 1 is 1.11 bits per heavy atom. The monoisotopic (exact) mass is 552 g/mol.